The summed E-state index contributed by atoms with van der Waals surface area (Å²) < 4.78 is 44.4. The van der Waals surface area contributed by atoms with Crippen LogP contribution in [0.4, 0.5) is 18.9 Å². The zero-order chi connectivity index (χ0) is 22.1. The maximum Gasteiger partial charge on any atom is 0.433 e. The van der Waals surface area contributed by atoms with E-state index in [1.807, 2.05) is 30.3 Å². The van der Waals surface area contributed by atoms with Crippen molar-refractivity contribution in [1.29, 1.82) is 0 Å². The fourth-order valence-corrected chi connectivity index (χ4v) is 4.27. The zero-order valence-electron chi connectivity index (χ0n) is 16.8. The van der Waals surface area contributed by atoms with Crippen LogP contribution in [0.15, 0.2) is 48.7 Å². The van der Waals surface area contributed by atoms with Crippen molar-refractivity contribution in [3.8, 4) is 0 Å². The number of anilines is 1. The monoisotopic (exact) mass is 433 g/mol. The lowest BCUT2D eigenvalue weighted by Gasteiger charge is -2.42. The molecule has 164 valence electrons. The average molecular weight is 433 g/mol. The molecule has 6 nitrogen and oxygen atoms in total. The van der Waals surface area contributed by atoms with Gasteiger partial charge in [-0.1, -0.05) is 30.3 Å². The van der Waals surface area contributed by atoms with Gasteiger partial charge in [-0.3, -0.25) is 14.6 Å². The predicted octanol–water partition coefficient (Wildman–Crippen LogP) is 3.02. The van der Waals surface area contributed by atoms with Gasteiger partial charge in [-0.15, -0.1) is 0 Å². The summed E-state index contributed by atoms with van der Waals surface area (Å²) in [5.41, 5.74) is -0.797. The molecule has 1 aromatic carbocycles. The molecule has 2 aliphatic heterocycles. The van der Waals surface area contributed by atoms with E-state index in [0.717, 1.165) is 17.8 Å². The van der Waals surface area contributed by atoms with E-state index in [2.05, 4.69) is 4.98 Å². The molecule has 0 atom stereocenters. The van der Waals surface area contributed by atoms with Crippen molar-refractivity contribution >= 4 is 17.5 Å². The first kappa shape index (κ1) is 21.3. The van der Waals surface area contributed by atoms with Crippen LogP contribution in [0, 0.1) is 0 Å². The molecule has 2 fully saturated rings. The van der Waals surface area contributed by atoms with Crippen LogP contribution in [-0.2, 0) is 25.9 Å². The normalized spacial score (nSPS) is 19.4. The molecular formula is C22H22F3N3O3. The quantitative estimate of drug-likeness (QED) is 0.747. The second kappa shape index (κ2) is 8.30. The van der Waals surface area contributed by atoms with Gasteiger partial charge >= 0.3 is 6.18 Å². The minimum atomic E-state index is -4.60. The molecule has 4 rings (SSSR count). The van der Waals surface area contributed by atoms with Gasteiger partial charge in [0.15, 0.2) is 0 Å². The number of ether oxygens (including phenoxy) is 1. The fraction of sp³-hybridized carbons (Fsp3) is 0.409. The standard InChI is InChI=1S/C22H22F3N3O3/c23-22(24,25)18-14-17(6-9-26-18)28-11-10-27(15-19(28)29)20(30)21(7-12-31-13-8-21)16-4-2-1-3-5-16/h1-6,9,14H,7-8,10-13,15H2. The van der Waals surface area contributed by atoms with E-state index in [9.17, 15) is 22.8 Å². The summed E-state index contributed by atoms with van der Waals surface area (Å²) >= 11 is 0. The topological polar surface area (TPSA) is 62.7 Å². The molecule has 0 radical (unpaired) electrons. The minimum Gasteiger partial charge on any atom is -0.381 e. The van der Waals surface area contributed by atoms with Gasteiger partial charge in [0, 0.05) is 38.2 Å². The van der Waals surface area contributed by atoms with Crippen LogP contribution in [0.2, 0.25) is 0 Å². The van der Waals surface area contributed by atoms with Crippen molar-refractivity contribution < 1.29 is 27.5 Å². The number of halogens is 3. The van der Waals surface area contributed by atoms with E-state index >= 15 is 0 Å². The number of rotatable bonds is 3. The van der Waals surface area contributed by atoms with Crippen LogP contribution < -0.4 is 4.90 Å². The van der Waals surface area contributed by atoms with Crippen molar-refractivity contribution in [2.45, 2.75) is 24.4 Å². The molecule has 0 aliphatic carbocycles. The van der Waals surface area contributed by atoms with Crippen molar-refractivity contribution in [2.75, 3.05) is 37.7 Å². The van der Waals surface area contributed by atoms with Gasteiger partial charge in [0.25, 0.3) is 0 Å². The summed E-state index contributed by atoms with van der Waals surface area (Å²) in [6.07, 6.45) is -2.52. The van der Waals surface area contributed by atoms with Gasteiger partial charge in [0.05, 0.1) is 5.41 Å². The molecule has 0 N–H and O–H groups in total. The lowest BCUT2D eigenvalue weighted by Crippen LogP contribution is -2.58. The average Bonchev–Trinajstić information content (AvgIpc) is 2.79. The Hall–Kier alpha value is -2.94. The Bertz CT molecular complexity index is 959. The van der Waals surface area contributed by atoms with Crippen molar-refractivity contribution in [3.05, 3.63) is 59.9 Å². The predicted molar refractivity (Wildman–Crippen MR) is 106 cm³/mol. The highest BCUT2D eigenvalue weighted by atomic mass is 19.4. The molecule has 2 aliphatic rings. The number of piperazine rings is 1. The molecule has 2 saturated heterocycles. The molecule has 31 heavy (non-hydrogen) atoms. The summed E-state index contributed by atoms with van der Waals surface area (Å²) in [6, 6.07) is 11.7. The van der Waals surface area contributed by atoms with Gasteiger partial charge in [0.1, 0.15) is 12.2 Å². The van der Waals surface area contributed by atoms with Gasteiger partial charge in [-0.2, -0.15) is 13.2 Å². The highest BCUT2D eigenvalue weighted by Gasteiger charge is 2.45. The Morgan fingerprint density at radius 1 is 1.06 bits per heavy atom. The summed E-state index contributed by atoms with van der Waals surface area (Å²) in [7, 11) is 0. The third-order valence-corrected chi connectivity index (χ3v) is 5.94. The number of alkyl halides is 3. The molecule has 2 aromatic rings. The Morgan fingerprint density at radius 2 is 1.77 bits per heavy atom. The second-order valence-corrected chi connectivity index (χ2v) is 7.73. The number of amides is 2. The summed E-state index contributed by atoms with van der Waals surface area (Å²) in [5.74, 6) is -0.560. The summed E-state index contributed by atoms with van der Waals surface area (Å²) in [4.78, 5) is 32.5. The van der Waals surface area contributed by atoms with Gasteiger partial charge < -0.3 is 14.5 Å². The SMILES string of the molecule is O=C1CN(C(=O)C2(c3ccccc3)CCOCC2)CCN1c1ccnc(C(F)(F)F)c1. The Labute approximate surface area is 177 Å². The number of carbonyl (C=O) groups excluding carboxylic acids is 2. The highest BCUT2D eigenvalue weighted by molar-refractivity contribution is 5.99. The van der Waals surface area contributed by atoms with Crippen molar-refractivity contribution in [1.82, 2.24) is 9.88 Å². The third-order valence-electron chi connectivity index (χ3n) is 5.94. The molecule has 0 unspecified atom stereocenters. The lowest BCUT2D eigenvalue weighted by atomic mass is 9.73. The number of pyridine rings is 1. The van der Waals surface area contributed by atoms with Crippen molar-refractivity contribution in [3.63, 3.8) is 0 Å². The van der Waals surface area contributed by atoms with Crippen LogP contribution in [0.1, 0.15) is 24.1 Å². The summed E-state index contributed by atoms with van der Waals surface area (Å²) in [6.45, 7) is 1.08. The Balaban J connectivity index is 1.54. The van der Waals surface area contributed by atoms with Gasteiger partial charge in [-0.25, -0.2) is 0 Å². The first-order valence-corrected chi connectivity index (χ1v) is 10.1. The molecule has 0 spiro atoms. The van der Waals surface area contributed by atoms with Gasteiger partial charge in [0.2, 0.25) is 11.8 Å². The Kier molecular flexibility index (Phi) is 5.70. The number of aromatic nitrogens is 1. The molecule has 9 heteroatoms. The smallest absolute Gasteiger partial charge is 0.381 e. The number of carbonyl (C=O) groups is 2. The lowest BCUT2D eigenvalue weighted by molar-refractivity contribution is -0.145. The number of hydrogen-bond donors (Lipinski definition) is 0. The van der Waals surface area contributed by atoms with Gasteiger partial charge in [-0.05, 0) is 30.5 Å². The van der Waals surface area contributed by atoms with Crippen LogP contribution in [0.5, 0.6) is 0 Å². The third kappa shape index (κ3) is 4.14. The molecule has 2 amide bonds. The molecule has 3 heterocycles. The Morgan fingerprint density at radius 3 is 2.42 bits per heavy atom. The van der Waals surface area contributed by atoms with Crippen LogP contribution in [0.25, 0.3) is 0 Å². The second-order valence-electron chi connectivity index (χ2n) is 7.73. The number of nitrogens with zero attached hydrogens (tertiary/aromatic N) is 3. The molecule has 1 aromatic heterocycles. The van der Waals surface area contributed by atoms with E-state index in [1.165, 1.54) is 15.9 Å². The molecule has 0 bridgehead atoms. The molecular weight excluding hydrogens is 411 g/mol. The zero-order valence-corrected chi connectivity index (χ0v) is 16.8. The van der Waals surface area contributed by atoms with Crippen LogP contribution in [-0.4, -0.2) is 54.5 Å². The van der Waals surface area contributed by atoms with Crippen LogP contribution in [0.3, 0.4) is 0 Å². The number of benzene rings is 1. The largest absolute Gasteiger partial charge is 0.433 e. The van der Waals surface area contributed by atoms with E-state index in [1.54, 1.807) is 0 Å². The van der Waals surface area contributed by atoms with E-state index in [-0.39, 0.29) is 31.2 Å². The molecule has 0 saturated carbocycles. The first-order chi connectivity index (χ1) is 14.8. The summed E-state index contributed by atoms with van der Waals surface area (Å²) in [5, 5.41) is 0. The van der Waals surface area contributed by atoms with Crippen LogP contribution >= 0.6 is 0 Å². The highest BCUT2D eigenvalue weighted by Crippen LogP contribution is 2.37. The fourth-order valence-electron chi connectivity index (χ4n) is 4.27. The van der Waals surface area contributed by atoms with E-state index in [0.29, 0.717) is 26.1 Å². The number of hydrogen-bond acceptors (Lipinski definition) is 4. The van der Waals surface area contributed by atoms with E-state index in [4.69, 9.17) is 4.74 Å². The van der Waals surface area contributed by atoms with E-state index < -0.39 is 23.2 Å². The van der Waals surface area contributed by atoms with Crippen molar-refractivity contribution in [2.24, 2.45) is 0 Å². The minimum absolute atomic E-state index is 0.118. The first-order valence-electron chi connectivity index (χ1n) is 10.1. The maximum absolute atomic E-state index is 13.6. The maximum atomic E-state index is 13.6.